The lowest BCUT2D eigenvalue weighted by Gasteiger charge is -2.33. The van der Waals surface area contributed by atoms with Crippen molar-refractivity contribution in [2.24, 2.45) is 0 Å². The molecule has 4 aromatic rings. The Bertz CT molecular complexity index is 1280. The molecule has 0 aliphatic heterocycles. The Labute approximate surface area is 191 Å². The first-order valence-corrected chi connectivity index (χ1v) is 11.1. The van der Waals surface area contributed by atoms with E-state index in [-0.39, 0.29) is 23.2 Å². The minimum absolute atomic E-state index is 0.0791. The summed E-state index contributed by atoms with van der Waals surface area (Å²) in [6.07, 6.45) is 5.73. The average molecular weight is 445 g/mol. The highest BCUT2D eigenvalue weighted by Crippen LogP contribution is 2.39. The molecular weight excluding hydrogens is 419 g/mol. The molecule has 0 spiro atoms. The van der Waals surface area contributed by atoms with Crippen LogP contribution >= 0.6 is 0 Å². The van der Waals surface area contributed by atoms with Gasteiger partial charge in [-0.25, -0.2) is 4.39 Å². The van der Waals surface area contributed by atoms with Crippen LogP contribution in [-0.2, 0) is 18.3 Å². The Hall–Kier alpha value is -3.74. The van der Waals surface area contributed by atoms with Gasteiger partial charge >= 0.3 is 0 Å². The summed E-state index contributed by atoms with van der Waals surface area (Å²) in [7, 11) is 0. The van der Waals surface area contributed by atoms with Gasteiger partial charge < -0.3 is 9.84 Å². The first-order chi connectivity index (χ1) is 15.9. The maximum absolute atomic E-state index is 13.2. The molecule has 0 bridgehead atoms. The molecule has 2 heterocycles. The maximum atomic E-state index is 13.2. The van der Waals surface area contributed by atoms with Gasteiger partial charge in [-0.2, -0.15) is 5.10 Å². The molecule has 0 saturated carbocycles. The molecule has 1 N–H and O–H groups in total. The van der Waals surface area contributed by atoms with Crippen molar-refractivity contribution in [2.45, 2.75) is 44.6 Å². The molecule has 168 valence electrons. The van der Waals surface area contributed by atoms with Crippen LogP contribution in [0.2, 0.25) is 0 Å². The minimum Gasteiger partial charge on any atom is -0.360 e. The van der Waals surface area contributed by atoms with Gasteiger partial charge in [0.05, 0.1) is 17.9 Å². The summed E-state index contributed by atoms with van der Waals surface area (Å²) in [6, 6.07) is 16.6. The van der Waals surface area contributed by atoms with E-state index in [9.17, 15) is 9.18 Å². The summed E-state index contributed by atoms with van der Waals surface area (Å²) >= 11 is 0. The molecule has 6 nitrogen and oxygen atoms in total. The zero-order chi connectivity index (χ0) is 23.0. The molecule has 5 rings (SSSR count). The second kappa shape index (κ2) is 8.31. The average Bonchev–Trinajstić information content (AvgIpc) is 3.46. The van der Waals surface area contributed by atoms with E-state index in [0.29, 0.717) is 17.8 Å². The fourth-order valence-corrected chi connectivity index (χ4v) is 4.55. The molecular formula is C26H25FN4O2. The number of aryl methyl sites for hydroxylation is 1. The lowest BCUT2D eigenvalue weighted by atomic mass is 9.70. The molecule has 0 radical (unpaired) electrons. The number of amides is 1. The molecule has 1 aliphatic carbocycles. The van der Waals surface area contributed by atoms with Crippen molar-refractivity contribution < 1.29 is 13.7 Å². The van der Waals surface area contributed by atoms with E-state index in [1.54, 1.807) is 29.2 Å². The highest BCUT2D eigenvalue weighted by molar-refractivity contribution is 6.03. The number of aromatic nitrogens is 3. The van der Waals surface area contributed by atoms with Gasteiger partial charge in [-0.3, -0.25) is 9.48 Å². The van der Waals surface area contributed by atoms with Crippen LogP contribution in [0.5, 0.6) is 0 Å². The first kappa shape index (κ1) is 21.1. The molecule has 2 aromatic carbocycles. The van der Waals surface area contributed by atoms with E-state index in [2.05, 4.69) is 34.6 Å². The second-order valence-corrected chi connectivity index (χ2v) is 8.93. The smallest absolute Gasteiger partial charge is 0.278 e. The topological polar surface area (TPSA) is 73.0 Å². The monoisotopic (exact) mass is 444 g/mol. The van der Waals surface area contributed by atoms with Gasteiger partial charge in [-0.05, 0) is 48.4 Å². The third kappa shape index (κ3) is 4.06. The van der Waals surface area contributed by atoms with Crippen molar-refractivity contribution in [1.82, 2.24) is 14.9 Å². The lowest BCUT2D eigenvalue weighted by molar-refractivity contribution is 0.101. The number of benzene rings is 2. The highest BCUT2D eigenvalue weighted by Gasteiger charge is 2.37. The number of anilines is 1. The number of halogens is 1. The van der Waals surface area contributed by atoms with Crippen molar-refractivity contribution in [3.63, 3.8) is 0 Å². The third-order valence-corrected chi connectivity index (χ3v) is 6.63. The van der Waals surface area contributed by atoms with Crippen molar-refractivity contribution in [3.8, 4) is 0 Å². The largest absolute Gasteiger partial charge is 0.360 e. The van der Waals surface area contributed by atoms with Crippen LogP contribution in [0.4, 0.5) is 10.1 Å². The van der Waals surface area contributed by atoms with E-state index in [0.717, 1.165) is 29.7 Å². The third-order valence-electron chi connectivity index (χ3n) is 6.63. The maximum Gasteiger partial charge on any atom is 0.278 e. The number of carbonyl (C=O) groups is 1. The van der Waals surface area contributed by atoms with Gasteiger partial charge in [0.15, 0.2) is 5.69 Å². The lowest BCUT2D eigenvalue weighted by Crippen LogP contribution is -2.31. The van der Waals surface area contributed by atoms with Crippen LogP contribution in [-0.4, -0.2) is 20.8 Å². The van der Waals surface area contributed by atoms with Crippen LogP contribution in [0.15, 0.2) is 71.5 Å². The van der Waals surface area contributed by atoms with E-state index >= 15 is 0 Å². The fourth-order valence-electron chi connectivity index (χ4n) is 4.55. The van der Waals surface area contributed by atoms with Crippen molar-refractivity contribution in [2.75, 3.05) is 5.32 Å². The van der Waals surface area contributed by atoms with Gasteiger partial charge in [-0.15, -0.1) is 0 Å². The van der Waals surface area contributed by atoms with Crippen LogP contribution < -0.4 is 5.32 Å². The van der Waals surface area contributed by atoms with Crippen molar-refractivity contribution in [3.05, 3.63) is 101 Å². The fraction of sp³-hybridized carbons (Fsp3) is 0.269. The van der Waals surface area contributed by atoms with E-state index in [1.165, 1.54) is 17.7 Å². The Kier molecular flexibility index (Phi) is 5.32. The number of nitrogens with zero attached hydrogens (tertiary/aromatic N) is 3. The van der Waals surface area contributed by atoms with E-state index < -0.39 is 0 Å². The number of nitrogens with one attached hydrogen (secondary N) is 1. The molecule has 0 saturated heterocycles. The zero-order valence-corrected chi connectivity index (χ0v) is 18.6. The summed E-state index contributed by atoms with van der Waals surface area (Å²) in [5, 5.41) is 11.4. The predicted octanol–water partition coefficient (Wildman–Crippen LogP) is 5.32. The number of fused-ring (bicyclic) bond motifs is 1. The van der Waals surface area contributed by atoms with Crippen molar-refractivity contribution >= 4 is 11.6 Å². The predicted molar refractivity (Wildman–Crippen MR) is 123 cm³/mol. The standard InChI is InChI=1S/C26H25FN4O2/c1-17(18-8-10-20(27)11-9-18)31-16-21(15-28-31)29-25(32)24-22-14-26(2,13-12-23(22)33-30-24)19-6-4-3-5-7-19/h3-11,15-17H,12-14H2,1-2H3,(H,29,32). The molecule has 1 aliphatic rings. The highest BCUT2D eigenvalue weighted by atomic mass is 19.1. The molecule has 1 amide bonds. The summed E-state index contributed by atoms with van der Waals surface area (Å²) in [5.74, 6) is 0.194. The summed E-state index contributed by atoms with van der Waals surface area (Å²) in [4.78, 5) is 13.1. The van der Waals surface area contributed by atoms with Gasteiger partial charge in [0.25, 0.3) is 5.91 Å². The van der Waals surface area contributed by atoms with Crippen LogP contribution in [0.1, 0.15) is 59.2 Å². The quantitative estimate of drug-likeness (QED) is 0.452. The van der Waals surface area contributed by atoms with Gasteiger partial charge in [0, 0.05) is 18.2 Å². The first-order valence-electron chi connectivity index (χ1n) is 11.1. The number of rotatable bonds is 5. The second-order valence-electron chi connectivity index (χ2n) is 8.93. The number of carbonyl (C=O) groups excluding carboxylic acids is 1. The molecule has 33 heavy (non-hydrogen) atoms. The van der Waals surface area contributed by atoms with Crippen LogP contribution in [0.3, 0.4) is 0 Å². The number of hydrogen-bond donors (Lipinski definition) is 1. The van der Waals surface area contributed by atoms with Gasteiger partial charge in [0.1, 0.15) is 11.6 Å². The van der Waals surface area contributed by atoms with E-state index in [1.807, 2.05) is 25.1 Å². The zero-order valence-electron chi connectivity index (χ0n) is 18.6. The molecule has 2 aromatic heterocycles. The Morgan fingerprint density at radius 1 is 1.18 bits per heavy atom. The van der Waals surface area contributed by atoms with Gasteiger partial charge in [-0.1, -0.05) is 54.5 Å². The summed E-state index contributed by atoms with van der Waals surface area (Å²) in [5.41, 5.74) is 3.85. The summed E-state index contributed by atoms with van der Waals surface area (Å²) in [6.45, 7) is 4.19. The minimum atomic E-state index is -0.314. The molecule has 2 atom stereocenters. The Morgan fingerprint density at radius 2 is 1.94 bits per heavy atom. The van der Waals surface area contributed by atoms with Crippen LogP contribution in [0.25, 0.3) is 0 Å². The Morgan fingerprint density at radius 3 is 2.70 bits per heavy atom. The number of hydrogen-bond acceptors (Lipinski definition) is 4. The van der Waals surface area contributed by atoms with Crippen molar-refractivity contribution in [1.29, 1.82) is 0 Å². The molecule has 2 unspecified atom stereocenters. The normalized spacial score (nSPS) is 18.5. The SMILES string of the molecule is CC(c1ccc(F)cc1)n1cc(NC(=O)c2noc3c2CC(C)(c2ccccc2)CC3)cn1. The van der Waals surface area contributed by atoms with Crippen LogP contribution in [0, 0.1) is 5.82 Å². The van der Waals surface area contributed by atoms with E-state index in [4.69, 9.17) is 4.52 Å². The molecule has 0 fully saturated rings. The molecule has 7 heteroatoms. The van der Waals surface area contributed by atoms with Gasteiger partial charge in [0.2, 0.25) is 0 Å². The summed E-state index contributed by atoms with van der Waals surface area (Å²) < 4.78 is 20.5. The Balaban J connectivity index is 1.33.